The maximum Gasteiger partial charge on any atom is 0.169 e. The van der Waals surface area contributed by atoms with Gasteiger partial charge in [-0.1, -0.05) is 16.8 Å². The van der Waals surface area contributed by atoms with Crippen LogP contribution in [-0.2, 0) is 0 Å². The molecule has 0 aliphatic carbocycles. The van der Waals surface area contributed by atoms with Crippen molar-refractivity contribution < 1.29 is 10.0 Å². The van der Waals surface area contributed by atoms with Crippen LogP contribution < -0.4 is 0 Å². The summed E-state index contributed by atoms with van der Waals surface area (Å²) in [7, 11) is 0. The van der Waals surface area contributed by atoms with Crippen LogP contribution in [0.3, 0.4) is 0 Å². The minimum Gasteiger partial charge on any atom is -0.411 e. The molecule has 1 rings (SSSR count). The van der Waals surface area contributed by atoms with Crippen LogP contribution in [0.2, 0.25) is 5.15 Å². The first-order valence-corrected chi connectivity index (χ1v) is 3.04. The van der Waals surface area contributed by atoms with Crippen molar-refractivity contribution in [1.29, 1.82) is 0 Å². The highest BCUT2D eigenvalue weighted by Crippen LogP contribution is 2.08. The number of carbonyl (C=O) groups is 1. The maximum absolute atomic E-state index is 10.2. The summed E-state index contributed by atoms with van der Waals surface area (Å²) in [5.74, 6) is 0.236. The lowest BCUT2D eigenvalue weighted by atomic mass is 10.5. The molecular formula is C5H4ClN3O2. The average molecular weight is 174 g/mol. The predicted molar refractivity (Wildman–Crippen MR) is 38.4 cm³/mol. The van der Waals surface area contributed by atoms with Crippen molar-refractivity contribution in [3.05, 3.63) is 16.7 Å². The molecule has 0 spiro atoms. The van der Waals surface area contributed by atoms with E-state index in [2.05, 4.69) is 15.1 Å². The molecule has 58 valence electrons. The summed E-state index contributed by atoms with van der Waals surface area (Å²) in [6.07, 6.45) is 1.57. The average Bonchev–Trinajstić information content (AvgIpc) is 2.32. The summed E-state index contributed by atoms with van der Waals surface area (Å²) in [5.41, 5.74) is 0.168. The molecule has 0 bridgehead atoms. The van der Waals surface area contributed by atoms with Gasteiger partial charge < -0.3 is 10.2 Å². The second-order valence-electron chi connectivity index (χ2n) is 1.69. The van der Waals surface area contributed by atoms with Crippen LogP contribution in [0.4, 0.5) is 0 Å². The van der Waals surface area contributed by atoms with Gasteiger partial charge in [0.2, 0.25) is 0 Å². The zero-order chi connectivity index (χ0) is 8.27. The van der Waals surface area contributed by atoms with Crippen molar-refractivity contribution in [2.24, 2.45) is 5.16 Å². The summed E-state index contributed by atoms with van der Waals surface area (Å²) in [6.45, 7) is 0. The lowest BCUT2D eigenvalue weighted by Crippen LogP contribution is -1.84. The second-order valence-corrected chi connectivity index (χ2v) is 2.05. The number of carbonyl (C=O) groups excluding carboxylic acids is 1. The topological polar surface area (TPSA) is 78.3 Å². The van der Waals surface area contributed by atoms with Gasteiger partial charge in [0.25, 0.3) is 0 Å². The molecule has 11 heavy (non-hydrogen) atoms. The van der Waals surface area contributed by atoms with E-state index in [0.717, 1.165) is 6.21 Å². The van der Waals surface area contributed by atoms with Gasteiger partial charge in [-0.2, -0.15) is 0 Å². The first-order chi connectivity index (χ1) is 5.27. The minimum absolute atomic E-state index is 0.0647. The molecule has 0 aromatic carbocycles. The molecule has 2 N–H and O–H groups in total. The summed E-state index contributed by atoms with van der Waals surface area (Å²) >= 11 is 5.46. The standard InChI is InChI=1S/C5H4ClN3O2/c6-5-3(2-10)8-4(9-5)1-7-11/h1-2,11H,(H,8,9). The SMILES string of the molecule is O=Cc1[nH]c(C=NO)nc1Cl. The lowest BCUT2D eigenvalue weighted by Gasteiger charge is -1.77. The van der Waals surface area contributed by atoms with Crippen LogP contribution in [-0.4, -0.2) is 27.7 Å². The van der Waals surface area contributed by atoms with Gasteiger partial charge in [-0.25, -0.2) is 4.98 Å². The number of hydrogen-bond acceptors (Lipinski definition) is 4. The number of aldehydes is 1. The Bertz CT molecular complexity index is 294. The van der Waals surface area contributed by atoms with Gasteiger partial charge in [-0.15, -0.1) is 0 Å². The number of oxime groups is 1. The number of rotatable bonds is 2. The molecule has 5 nitrogen and oxygen atoms in total. The highest BCUT2D eigenvalue weighted by atomic mass is 35.5. The van der Waals surface area contributed by atoms with Crippen LogP contribution in [0, 0.1) is 0 Å². The molecule has 6 heteroatoms. The van der Waals surface area contributed by atoms with Gasteiger partial charge in [-0.05, 0) is 0 Å². The summed E-state index contributed by atoms with van der Waals surface area (Å²) in [6, 6.07) is 0. The maximum atomic E-state index is 10.2. The Labute approximate surface area is 66.7 Å². The van der Waals surface area contributed by atoms with E-state index in [1.54, 1.807) is 0 Å². The summed E-state index contributed by atoms with van der Waals surface area (Å²) < 4.78 is 0. The van der Waals surface area contributed by atoms with Crippen molar-refractivity contribution in [3.8, 4) is 0 Å². The molecule has 1 aromatic rings. The van der Waals surface area contributed by atoms with E-state index >= 15 is 0 Å². The Kier molecular flexibility index (Phi) is 2.22. The van der Waals surface area contributed by atoms with Gasteiger partial charge in [0, 0.05) is 0 Å². The third kappa shape index (κ3) is 1.56. The zero-order valence-electron chi connectivity index (χ0n) is 5.28. The Hall–Kier alpha value is -1.36. The van der Waals surface area contributed by atoms with Crippen LogP contribution >= 0.6 is 11.6 Å². The number of aromatic amines is 1. The molecule has 0 atom stereocenters. The molecule has 0 unspecified atom stereocenters. The smallest absolute Gasteiger partial charge is 0.169 e. The van der Waals surface area contributed by atoms with Gasteiger partial charge >= 0.3 is 0 Å². The second kappa shape index (κ2) is 3.16. The van der Waals surface area contributed by atoms with Gasteiger partial charge in [-0.3, -0.25) is 4.79 Å². The number of imidazole rings is 1. The highest BCUT2D eigenvalue weighted by molar-refractivity contribution is 6.31. The molecule has 0 amide bonds. The Morgan fingerprint density at radius 2 is 2.45 bits per heavy atom. The van der Waals surface area contributed by atoms with Gasteiger partial charge in [0.1, 0.15) is 11.9 Å². The molecule has 0 aliphatic rings. The highest BCUT2D eigenvalue weighted by Gasteiger charge is 2.04. The van der Waals surface area contributed by atoms with E-state index in [4.69, 9.17) is 16.8 Å². The summed E-state index contributed by atoms with van der Waals surface area (Å²) in [4.78, 5) is 16.3. The van der Waals surface area contributed by atoms with Crippen LogP contribution in [0.15, 0.2) is 5.16 Å². The first kappa shape index (κ1) is 7.74. The monoisotopic (exact) mass is 173 g/mol. The first-order valence-electron chi connectivity index (χ1n) is 2.66. The van der Waals surface area contributed by atoms with Gasteiger partial charge in [0.15, 0.2) is 17.3 Å². The van der Waals surface area contributed by atoms with Crippen molar-refractivity contribution in [1.82, 2.24) is 9.97 Å². The van der Waals surface area contributed by atoms with E-state index in [9.17, 15) is 4.79 Å². The van der Waals surface area contributed by atoms with Crippen LogP contribution in [0.1, 0.15) is 16.3 Å². The normalized spacial score (nSPS) is 10.6. The minimum atomic E-state index is 0.0647. The third-order valence-electron chi connectivity index (χ3n) is 1.00. The quantitative estimate of drug-likeness (QED) is 0.299. The fraction of sp³-hybridized carbons (Fsp3) is 0. The molecule has 1 heterocycles. The van der Waals surface area contributed by atoms with Crippen LogP contribution in [0.25, 0.3) is 0 Å². The largest absolute Gasteiger partial charge is 0.411 e. The number of H-pyrrole nitrogens is 1. The Morgan fingerprint density at radius 3 is 2.91 bits per heavy atom. The van der Waals surface area contributed by atoms with Gasteiger partial charge in [0.05, 0.1) is 0 Å². The number of nitrogens with zero attached hydrogens (tertiary/aromatic N) is 2. The fourth-order valence-electron chi connectivity index (χ4n) is 0.577. The van der Waals surface area contributed by atoms with Crippen molar-refractivity contribution in [3.63, 3.8) is 0 Å². The van der Waals surface area contributed by atoms with E-state index in [1.165, 1.54) is 0 Å². The molecule has 0 saturated carbocycles. The van der Waals surface area contributed by atoms with E-state index in [-0.39, 0.29) is 16.7 Å². The number of nitrogens with one attached hydrogen (secondary N) is 1. The molecule has 0 radical (unpaired) electrons. The van der Waals surface area contributed by atoms with Crippen molar-refractivity contribution in [2.75, 3.05) is 0 Å². The fourth-order valence-corrected chi connectivity index (χ4v) is 0.760. The predicted octanol–water partition coefficient (Wildman–Crippen LogP) is 0.684. The Morgan fingerprint density at radius 1 is 1.73 bits per heavy atom. The molecule has 0 fully saturated rings. The summed E-state index contributed by atoms with van der Waals surface area (Å²) in [5, 5.41) is 10.8. The Balaban J connectivity index is 3.04. The molecular weight excluding hydrogens is 170 g/mol. The van der Waals surface area contributed by atoms with Crippen molar-refractivity contribution in [2.45, 2.75) is 0 Å². The lowest BCUT2D eigenvalue weighted by molar-refractivity contribution is 0.111. The van der Waals surface area contributed by atoms with E-state index in [1.807, 2.05) is 0 Å². The van der Waals surface area contributed by atoms with E-state index in [0.29, 0.717) is 6.29 Å². The molecule has 0 saturated heterocycles. The third-order valence-corrected chi connectivity index (χ3v) is 1.29. The number of aromatic nitrogens is 2. The molecule has 1 aromatic heterocycles. The zero-order valence-corrected chi connectivity index (χ0v) is 6.04. The number of hydrogen-bond donors (Lipinski definition) is 2. The van der Waals surface area contributed by atoms with Crippen molar-refractivity contribution >= 4 is 24.1 Å². The molecule has 0 aliphatic heterocycles. The van der Waals surface area contributed by atoms with Crippen LogP contribution in [0.5, 0.6) is 0 Å². The van der Waals surface area contributed by atoms with E-state index < -0.39 is 0 Å². The number of halogens is 1.